The lowest BCUT2D eigenvalue weighted by Gasteiger charge is -2.36. The molecule has 0 fully saturated rings. The van der Waals surface area contributed by atoms with Crippen molar-refractivity contribution in [3.05, 3.63) is 35.9 Å². The van der Waals surface area contributed by atoms with Crippen molar-refractivity contribution in [2.24, 2.45) is 0 Å². The van der Waals surface area contributed by atoms with Crippen LogP contribution < -0.4 is 0 Å². The molecule has 0 bridgehead atoms. The van der Waals surface area contributed by atoms with Crippen LogP contribution in [0.25, 0.3) is 0 Å². The van der Waals surface area contributed by atoms with E-state index in [1.54, 1.807) is 0 Å². The molecule has 25 heavy (non-hydrogen) atoms. The highest BCUT2D eigenvalue weighted by Gasteiger charge is 2.41. The van der Waals surface area contributed by atoms with Gasteiger partial charge in [-0.25, -0.2) is 4.79 Å². The second-order valence-electron chi connectivity index (χ2n) is 7.36. The lowest BCUT2D eigenvalue weighted by atomic mass is 9.83. The van der Waals surface area contributed by atoms with E-state index in [2.05, 4.69) is 6.92 Å². The fraction of sp³-hybridized carbons (Fsp3) is 0.682. The number of nitrogens with zero attached hydrogens (tertiary/aromatic N) is 1. The molecule has 0 amide bonds. The molecule has 0 radical (unpaired) electrons. The molecule has 0 aliphatic heterocycles. The second-order valence-corrected chi connectivity index (χ2v) is 7.36. The van der Waals surface area contributed by atoms with Crippen LogP contribution in [0.3, 0.4) is 0 Å². The number of benzene rings is 1. The van der Waals surface area contributed by atoms with Crippen molar-refractivity contribution in [2.45, 2.75) is 83.1 Å². The normalized spacial score (nSPS) is 13.8. The maximum absolute atomic E-state index is 12.1. The average molecular weight is 348 g/mol. The molecule has 3 nitrogen and oxygen atoms in total. The van der Waals surface area contributed by atoms with Gasteiger partial charge in [0.2, 0.25) is 0 Å². The minimum Gasteiger partial charge on any atom is -0.480 e. The molecule has 0 saturated carbocycles. The molecule has 1 aromatic carbocycles. The Morgan fingerprint density at radius 3 is 1.80 bits per heavy atom. The summed E-state index contributed by atoms with van der Waals surface area (Å²) in [6.07, 6.45) is 13.3. The number of aliphatic carboxylic acids is 1. The second kappa shape index (κ2) is 12.1. The Balaban J connectivity index is 2.41. The van der Waals surface area contributed by atoms with Crippen LogP contribution in [-0.4, -0.2) is 30.1 Å². The van der Waals surface area contributed by atoms with Gasteiger partial charge in [0, 0.05) is 0 Å². The first-order chi connectivity index (χ1) is 12.1. The van der Waals surface area contributed by atoms with Gasteiger partial charge in [0.1, 0.15) is 5.54 Å². The van der Waals surface area contributed by atoms with Crippen LogP contribution >= 0.6 is 0 Å². The maximum atomic E-state index is 12.1. The van der Waals surface area contributed by atoms with E-state index in [1.807, 2.05) is 49.3 Å². The summed E-state index contributed by atoms with van der Waals surface area (Å²) in [6.45, 7) is 2.25. The highest BCUT2D eigenvalue weighted by atomic mass is 16.4. The third kappa shape index (κ3) is 6.81. The summed E-state index contributed by atoms with van der Waals surface area (Å²) in [4.78, 5) is 14.0. The largest absolute Gasteiger partial charge is 0.480 e. The van der Waals surface area contributed by atoms with Crippen molar-refractivity contribution in [3.63, 3.8) is 0 Å². The first kappa shape index (κ1) is 21.7. The Morgan fingerprint density at radius 2 is 1.36 bits per heavy atom. The monoisotopic (exact) mass is 347 g/mol. The quantitative estimate of drug-likeness (QED) is 0.430. The SMILES string of the molecule is CCCCCCCCCCCCC(C(=O)O)(c1ccccc1)N(C)C. The molecule has 1 atom stereocenters. The number of carbonyl (C=O) groups is 1. The molecular formula is C22H37NO2. The van der Waals surface area contributed by atoms with Gasteiger partial charge < -0.3 is 5.11 Å². The Kier molecular flexibility index (Phi) is 10.5. The topological polar surface area (TPSA) is 40.5 Å². The number of carboxylic acids is 1. The molecule has 0 saturated heterocycles. The molecular weight excluding hydrogens is 310 g/mol. The van der Waals surface area contributed by atoms with Crippen LogP contribution in [-0.2, 0) is 10.3 Å². The smallest absolute Gasteiger partial charge is 0.328 e. The molecule has 1 unspecified atom stereocenters. The van der Waals surface area contributed by atoms with Gasteiger partial charge in [-0.3, -0.25) is 4.90 Å². The number of hydrogen-bond donors (Lipinski definition) is 1. The predicted molar refractivity (Wildman–Crippen MR) is 106 cm³/mol. The van der Waals surface area contributed by atoms with Crippen LogP contribution in [0.2, 0.25) is 0 Å². The Labute approximate surface area is 154 Å². The van der Waals surface area contributed by atoms with Gasteiger partial charge in [0.25, 0.3) is 0 Å². The van der Waals surface area contributed by atoms with Crippen molar-refractivity contribution in [1.82, 2.24) is 4.90 Å². The van der Waals surface area contributed by atoms with Crippen LogP contribution in [0.1, 0.15) is 83.1 Å². The molecule has 3 heteroatoms. The van der Waals surface area contributed by atoms with Gasteiger partial charge in [0.05, 0.1) is 0 Å². The van der Waals surface area contributed by atoms with Gasteiger partial charge >= 0.3 is 5.97 Å². The number of rotatable bonds is 14. The number of unbranched alkanes of at least 4 members (excludes halogenated alkanes) is 9. The summed E-state index contributed by atoms with van der Waals surface area (Å²) in [6, 6.07) is 9.66. The van der Waals surface area contributed by atoms with Gasteiger partial charge in [-0.15, -0.1) is 0 Å². The lowest BCUT2D eigenvalue weighted by molar-refractivity contribution is -0.151. The molecule has 1 rings (SSSR count). The zero-order valence-corrected chi connectivity index (χ0v) is 16.5. The zero-order valence-electron chi connectivity index (χ0n) is 16.5. The van der Waals surface area contributed by atoms with Crippen LogP contribution in [0.5, 0.6) is 0 Å². The summed E-state index contributed by atoms with van der Waals surface area (Å²) in [5.41, 5.74) is -0.0371. The maximum Gasteiger partial charge on any atom is 0.328 e. The van der Waals surface area contributed by atoms with Crippen LogP contribution in [0.15, 0.2) is 30.3 Å². The molecule has 0 heterocycles. The molecule has 1 N–H and O–H groups in total. The zero-order chi connectivity index (χ0) is 18.5. The fourth-order valence-corrected chi connectivity index (χ4v) is 3.63. The van der Waals surface area contributed by atoms with E-state index >= 15 is 0 Å². The first-order valence-corrected chi connectivity index (χ1v) is 10.0. The molecule has 0 spiro atoms. The van der Waals surface area contributed by atoms with E-state index in [9.17, 15) is 9.90 Å². The van der Waals surface area contributed by atoms with Gasteiger partial charge in [-0.1, -0.05) is 101 Å². The Morgan fingerprint density at radius 1 is 0.880 bits per heavy atom. The van der Waals surface area contributed by atoms with Crippen molar-refractivity contribution in [3.8, 4) is 0 Å². The van der Waals surface area contributed by atoms with Crippen molar-refractivity contribution < 1.29 is 9.90 Å². The third-order valence-electron chi connectivity index (χ3n) is 5.26. The standard InChI is InChI=1S/C22H37NO2/c1-4-5-6-7-8-9-10-11-12-16-19-22(21(24)25,23(2)3)20-17-14-13-15-18-20/h13-15,17-18H,4-12,16,19H2,1-3H3,(H,24,25). The van der Waals surface area contributed by atoms with Crippen LogP contribution in [0, 0.1) is 0 Å². The summed E-state index contributed by atoms with van der Waals surface area (Å²) in [5.74, 6) is -0.750. The molecule has 0 aliphatic rings. The highest BCUT2D eigenvalue weighted by Crippen LogP contribution is 2.33. The minimum atomic E-state index is -0.915. The Hall–Kier alpha value is -1.35. The van der Waals surface area contributed by atoms with Crippen molar-refractivity contribution >= 4 is 5.97 Å². The van der Waals surface area contributed by atoms with Crippen molar-refractivity contribution in [2.75, 3.05) is 14.1 Å². The van der Waals surface area contributed by atoms with E-state index in [4.69, 9.17) is 0 Å². The number of hydrogen-bond acceptors (Lipinski definition) is 2. The Bertz CT molecular complexity index is 472. The predicted octanol–water partition coefficient (Wildman–Crippen LogP) is 5.84. The van der Waals surface area contributed by atoms with Gasteiger partial charge in [-0.05, 0) is 26.1 Å². The molecule has 0 aliphatic carbocycles. The highest BCUT2D eigenvalue weighted by molar-refractivity contribution is 5.80. The van der Waals surface area contributed by atoms with E-state index in [-0.39, 0.29) is 0 Å². The molecule has 0 aromatic heterocycles. The van der Waals surface area contributed by atoms with E-state index in [1.165, 1.54) is 51.4 Å². The summed E-state index contributed by atoms with van der Waals surface area (Å²) in [5, 5.41) is 9.95. The molecule has 142 valence electrons. The van der Waals surface area contributed by atoms with Gasteiger partial charge in [-0.2, -0.15) is 0 Å². The summed E-state index contributed by atoms with van der Waals surface area (Å²) >= 11 is 0. The summed E-state index contributed by atoms with van der Waals surface area (Å²) in [7, 11) is 3.74. The number of carboxylic acid groups (broad SMARTS) is 1. The lowest BCUT2D eigenvalue weighted by Crippen LogP contribution is -2.48. The first-order valence-electron chi connectivity index (χ1n) is 10.0. The number of likely N-dealkylation sites (N-methyl/N-ethyl adjacent to an activating group) is 1. The summed E-state index contributed by atoms with van der Waals surface area (Å²) < 4.78 is 0. The van der Waals surface area contributed by atoms with E-state index in [0.29, 0.717) is 6.42 Å². The van der Waals surface area contributed by atoms with E-state index < -0.39 is 11.5 Å². The van der Waals surface area contributed by atoms with Crippen molar-refractivity contribution in [1.29, 1.82) is 0 Å². The minimum absolute atomic E-state index is 0.663. The fourth-order valence-electron chi connectivity index (χ4n) is 3.63. The average Bonchev–Trinajstić information content (AvgIpc) is 2.60. The van der Waals surface area contributed by atoms with E-state index in [0.717, 1.165) is 18.4 Å². The third-order valence-corrected chi connectivity index (χ3v) is 5.26. The molecule has 1 aromatic rings. The van der Waals surface area contributed by atoms with Gasteiger partial charge in [0.15, 0.2) is 0 Å². The van der Waals surface area contributed by atoms with Crippen LogP contribution in [0.4, 0.5) is 0 Å².